The Kier molecular flexibility index (Phi) is 4.67. The Morgan fingerprint density at radius 2 is 0.895 bits per heavy atom. The minimum Gasteiger partial charge on any atom is -1.00 e. The molecule has 0 nitrogen and oxygen atoms in total. The Morgan fingerprint density at radius 1 is 0.474 bits per heavy atom. The van der Waals surface area contributed by atoms with E-state index in [1.807, 2.05) is 11.3 Å². The molecule has 0 amide bonds. The molecule has 0 radical (unpaired) electrons. The first-order chi connectivity index (χ1) is 8.93. The van der Waals surface area contributed by atoms with Gasteiger partial charge >= 0.3 is 0 Å². The van der Waals surface area contributed by atoms with Gasteiger partial charge in [-0.15, -0.1) is 0 Å². The summed E-state index contributed by atoms with van der Waals surface area (Å²) in [6, 6.07) is 27.5. The number of halogens is 1. The first kappa shape index (κ1) is 13.7. The molecule has 0 N–H and O–H groups in total. The summed E-state index contributed by atoms with van der Waals surface area (Å²) in [7, 11) is 0. The van der Waals surface area contributed by atoms with Crippen LogP contribution < -0.4 is 12.4 Å². The third-order valence-electron chi connectivity index (χ3n) is 2.83. The molecule has 0 saturated carbocycles. The average Bonchev–Trinajstić information content (AvgIpc) is 2.49. The molecule has 0 bridgehead atoms. The van der Waals surface area contributed by atoms with Gasteiger partial charge in [-0.2, -0.15) is 0 Å². The predicted molar refractivity (Wildman–Crippen MR) is 79.6 cm³/mol. The summed E-state index contributed by atoms with van der Waals surface area (Å²) in [6.07, 6.45) is 0. The summed E-state index contributed by atoms with van der Waals surface area (Å²) < 4.78 is 0. The van der Waals surface area contributed by atoms with Gasteiger partial charge in [0.05, 0.1) is 0 Å². The van der Waals surface area contributed by atoms with Crippen LogP contribution >= 0.6 is 11.3 Å². The van der Waals surface area contributed by atoms with Gasteiger partial charge in [0.2, 0.25) is 21.1 Å². The van der Waals surface area contributed by atoms with E-state index < -0.39 is 0 Å². The highest BCUT2D eigenvalue weighted by Crippen LogP contribution is 2.31. The van der Waals surface area contributed by atoms with Gasteiger partial charge in [0.1, 0.15) is 0 Å². The van der Waals surface area contributed by atoms with Crippen LogP contribution in [0.5, 0.6) is 0 Å². The summed E-state index contributed by atoms with van der Waals surface area (Å²) in [6.45, 7) is 0. The fraction of sp³-hybridized carbons (Fsp3) is 0. The molecule has 94 valence electrons. The first-order valence-corrected chi connectivity index (χ1v) is 6.79. The molecule has 19 heavy (non-hydrogen) atoms. The summed E-state index contributed by atoms with van der Waals surface area (Å²) in [4.78, 5) is 2.61. The lowest BCUT2D eigenvalue weighted by atomic mass is 10.2. The predicted octanol–water partition coefficient (Wildman–Crippen LogP) is 2.37. The van der Waals surface area contributed by atoms with Crippen molar-refractivity contribution in [2.24, 2.45) is 0 Å². The smallest absolute Gasteiger partial charge is 0.238 e. The van der Waals surface area contributed by atoms with Crippen molar-refractivity contribution in [1.82, 2.24) is 0 Å². The molecule has 1 heterocycles. The molecule has 2 heteroatoms. The number of benzene rings is 2. The third-order valence-corrected chi connectivity index (χ3v) is 4.02. The van der Waals surface area contributed by atoms with Gasteiger partial charge < -0.3 is 12.4 Å². The molecule has 3 aromatic rings. The van der Waals surface area contributed by atoms with E-state index >= 15 is 0 Å². The standard InChI is InChI=1S/C17H13S.ClH/c1-3-8-14(9-4-1)16-12-7-13-17(18-16)15-10-5-2-6-11-15;/h1-13H;1H/q+1;/p-1. The third kappa shape index (κ3) is 3.19. The summed E-state index contributed by atoms with van der Waals surface area (Å²) >= 11 is 1.83. The summed E-state index contributed by atoms with van der Waals surface area (Å²) in [5.74, 6) is 0. The SMILES string of the molecule is [Cl-].c1ccc(-c2cccc(-c3ccccc3)[s+]2)cc1. The van der Waals surface area contributed by atoms with E-state index in [4.69, 9.17) is 0 Å². The second-order valence-corrected chi connectivity index (χ2v) is 5.17. The molecule has 1 aromatic heterocycles. The van der Waals surface area contributed by atoms with Crippen LogP contribution in [0, 0.1) is 0 Å². The molecule has 0 saturated heterocycles. The Hall–Kier alpha value is -1.70. The highest BCUT2D eigenvalue weighted by Gasteiger charge is 2.14. The van der Waals surface area contributed by atoms with Crippen LogP contribution in [0.1, 0.15) is 0 Å². The molecule has 0 spiro atoms. The molecular formula is C17H13ClS. The highest BCUT2D eigenvalue weighted by molar-refractivity contribution is 7.18. The van der Waals surface area contributed by atoms with E-state index in [1.165, 1.54) is 20.9 Å². The van der Waals surface area contributed by atoms with Crippen molar-refractivity contribution in [2.45, 2.75) is 0 Å². The second-order valence-electron chi connectivity index (χ2n) is 4.09. The van der Waals surface area contributed by atoms with E-state index in [2.05, 4.69) is 78.9 Å². The largest absolute Gasteiger partial charge is 1.00 e. The second kappa shape index (κ2) is 6.46. The summed E-state index contributed by atoms with van der Waals surface area (Å²) in [5, 5.41) is 0. The normalized spacial score (nSPS) is 9.68. The molecular weight excluding hydrogens is 272 g/mol. The highest BCUT2D eigenvalue weighted by atomic mass is 35.5. The molecule has 0 aliphatic heterocycles. The van der Waals surface area contributed by atoms with E-state index in [0.29, 0.717) is 0 Å². The van der Waals surface area contributed by atoms with Crippen molar-refractivity contribution >= 4 is 11.3 Å². The van der Waals surface area contributed by atoms with Crippen molar-refractivity contribution in [3.63, 3.8) is 0 Å². The molecule has 0 fully saturated rings. The molecule has 0 atom stereocenters. The van der Waals surface area contributed by atoms with Gasteiger partial charge in [0.25, 0.3) is 0 Å². The zero-order valence-corrected chi connectivity index (χ0v) is 11.9. The van der Waals surface area contributed by atoms with Crippen LogP contribution in [0.4, 0.5) is 0 Å². The van der Waals surface area contributed by atoms with Crippen LogP contribution in [0.25, 0.3) is 20.9 Å². The number of hydrogen-bond acceptors (Lipinski definition) is 0. The zero-order chi connectivity index (χ0) is 12.2. The molecule has 0 aliphatic carbocycles. The first-order valence-electron chi connectivity index (χ1n) is 5.97. The van der Waals surface area contributed by atoms with E-state index in [-0.39, 0.29) is 12.4 Å². The quantitative estimate of drug-likeness (QED) is 0.634. The van der Waals surface area contributed by atoms with Crippen LogP contribution in [-0.4, -0.2) is 0 Å². The lowest BCUT2D eigenvalue weighted by Crippen LogP contribution is -3.00. The van der Waals surface area contributed by atoms with Gasteiger partial charge in [-0.25, -0.2) is 0 Å². The fourth-order valence-electron chi connectivity index (χ4n) is 1.92. The summed E-state index contributed by atoms with van der Waals surface area (Å²) in [5.41, 5.74) is 2.56. The van der Waals surface area contributed by atoms with Crippen molar-refractivity contribution < 1.29 is 12.4 Å². The van der Waals surface area contributed by atoms with Crippen LogP contribution in [0.15, 0.2) is 78.9 Å². The van der Waals surface area contributed by atoms with Crippen LogP contribution in [0.2, 0.25) is 0 Å². The Bertz CT molecular complexity index is 581. The maximum atomic E-state index is 2.17. The Labute approximate surface area is 123 Å². The van der Waals surface area contributed by atoms with E-state index in [9.17, 15) is 0 Å². The van der Waals surface area contributed by atoms with Crippen molar-refractivity contribution in [3.05, 3.63) is 78.9 Å². The van der Waals surface area contributed by atoms with E-state index in [1.54, 1.807) is 0 Å². The van der Waals surface area contributed by atoms with Gasteiger partial charge in [-0.1, -0.05) is 42.5 Å². The van der Waals surface area contributed by atoms with Crippen molar-refractivity contribution in [2.75, 3.05) is 0 Å². The number of rotatable bonds is 2. The average molecular weight is 285 g/mol. The van der Waals surface area contributed by atoms with Gasteiger partial charge in [0, 0.05) is 23.3 Å². The van der Waals surface area contributed by atoms with Crippen LogP contribution in [0.3, 0.4) is 0 Å². The molecule has 0 unspecified atom stereocenters. The molecule has 0 aliphatic rings. The fourth-order valence-corrected chi connectivity index (χ4v) is 2.96. The van der Waals surface area contributed by atoms with Crippen LogP contribution in [-0.2, 0) is 0 Å². The Morgan fingerprint density at radius 3 is 1.32 bits per heavy atom. The minimum atomic E-state index is 0. The maximum Gasteiger partial charge on any atom is 0.238 e. The monoisotopic (exact) mass is 284 g/mol. The lowest BCUT2D eigenvalue weighted by Gasteiger charge is -1.94. The topological polar surface area (TPSA) is 0 Å². The molecule has 2 aromatic carbocycles. The molecule has 3 rings (SSSR count). The maximum absolute atomic E-state index is 2.17. The van der Waals surface area contributed by atoms with Crippen molar-refractivity contribution in [3.8, 4) is 20.9 Å². The zero-order valence-electron chi connectivity index (χ0n) is 10.3. The van der Waals surface area contributed by atoms with E-state index in [0.717, 1.165) is 0 Å². The lowest BCUT2D eigenvalue weighted by molar-refractivity contribution is -0.00000335. The van der Waals surface area contributed by atoms with Gasteiger partial charge in [-0.05, 0) is 24.3 Å². The Balaban J connectivity index is 0.00000133. The van der Waals surface area contributed by atoms with Crippen molar-refractivity contribution in [1.29, 1.82) is 0 Å². The number of hydrogen-bond donors (Lipinski definition) is 0. The van der Waals surface area contributed by atoms with Gasteiger partial charge in [-0.3, -0.25) is 0 Å². The minimum absolute atomic E-state index is 0. The van der Waals surface area contributed by atoms with Gasteiger partial charge in [0.15, 0.2) is 0 Å².